The van der Waals surface area contributed by atoms with E-state index in [2.05, 4.69) is 18.7 Å². The van der Waals surface area contributed by atoms with Crippen LogP contribution >= 0.6 is 0 Å². The van der Waals surface area contributed by atoms with Crippen molar-refractivity contribution in [1.29, 1.82) is 5.41 Å². The number of Topliss-reactive ketones (excluding diaryl/α,β-unsaturated/α-hetero) is 1. The predicted octanol–water partition coefficient (Wildman–Crippen LogP) is 8.75. The summed E-state index contributed by atoms with van der Waals surface area (Å²) in [6.07, 6.45) is -4.22. The molecule has 1 heterocycles. The van der Waals surface area contributed by atoms with Crippen LogP contribution in [0.2, 0.25) is 0 Å². The summed E-state index contributed by atoms with van der Waals surface area (Å²) >= 11 is 0. The lowest BCUT2D eigenvalue weighted by molar-refractivity contribution is -0.137. The molecule has 5 rings (SSSR count). The fraction of sp³-hybridized carbons (Fsp3) is 0.314. The summed E-state index contributed by atoms with van der Waals surface area (Å²) in [7, 11) is 0. The van der Waals surface area contributed by atoms with Gasteiger partial charge in [0, 0.05) is 53.5 Å². The molecular weight excluding hydrogens is 551 g/mol. The summed E-state index contributed by atoms with van der Waals surface area (Å²) in [4.78, 5) is 17.5. The second kappa shape index (κ2) is 11.4. The van der Waals surface area contributed by atoms with Crippen molar-refractivity contribution >= 4 is 28.8 Å². The van der Waals surface area contributed by atoms with Crippen molar-refractivity contribution in [3.05, 3.63) is 112 Å². The molecule has 1 aliphatic carbocycles. The van der Waals surface area contributed by atoms with Crippen molar-refractivity contribution in [3.63, 3.8) is 0 Å². The average molecular weight is 588 g/mol. The van der Waals surface area contributed by atoms with Gasteiger partial charge in [-0.1, -0.05) is 68.4 Å². The lowest BCUT2D eigenvalue weighted by Gasteiger charge is -2.45. The lowest BCUT2D eigenvalue weighted by atomic mass is 9.67. The molecule has 2 N–H and O–H groups in total. The smallest absolute Gasteiger partial charge is 0.418 e. The summed E-state index contributed by atoms with van der Waals surface area (Å²) in [6, 6.07) is 21.4. The number of aliphatic hydroxyl groups is 1. The molecule has 0 bridgehead atoms. The van der Waals surface area contributed by atoms with Crippen molar-refractivity contribution in [2.24, 2.45) is 5.41 Å². The Morgan fingerprint density at radius 1 is 0.953 bits per heavy atom. The Balaban J connectivity index is 1.84. The Morgan fingerprint density at radius 3 is 2.16 bits per heavy atom. The minimum Gasteiger partial charge on any atom is -0.507 e. The van der Waals surface area contributed by atoms with E-state index in [-0.39, 0.29) is 41.5 Å². The van der Waals surface area contributed by atoms with Gasteiger partial charge in [-0.2, -0.15) is 13.2 Å². The Morgan fingerprint density at radius 2 is 1.56 bits per heavy atom. The van der Waals surface area contributed by atoms with Gasteiger partial charge in [0.05, 0.1) is 11.3 Å². The van der Waals surface area contributed by atoms with E-state index >= 15 is 0 Å². The number of amidine groups is 1. The maximum atomic E-state index is 14.4. The molecule has 1 aliphatic heterocycles. The van der Waals surface area contributed by atoms with E-state index in [0.717, 1.165) is 24.8 Å². The first-order chi connectivity index (χ1) is 20.4. The van der Waals surface area contributed by atoms with Crippen molar-refractivity contribution < 1.29 is 23.1 Å². The molecule has 0 aromatic heterocycles. The zero-order valence-corrected chi connectivity index (χ0v) is 24.8. The number of allylic oxidation sites excluding steroid dienone is 2. The number of carbonyl (C=O) groups excluding carboxylic acids is 1. The summed E-state index contributed by atoms with van der Waals surface area (Å²) < 4.78 is 43.1. The van der Waals surface area contributed by atoms with Crippen LogP contribution in [-0.4, -0.2) is 29.8 Å². The van der Waals surface area contributed by atoms with E-state index in [4.69, 9.17) is 0 Å². The van der Waals surface area contributed by atoms with E-state index < -0.39 is 23.1 Å². The topological polar surface area (TPSA) is 67.6 Å². The van der Waals surface area contributed by atoms with Crippen molar-refractivity contribution in [1.82, 2.24) is 0 Å². The number of rotatable bonds is 6. The number of halogens is 3. The molecule has 3 aromatic rings. The summed E-state index contributed by atoms with van der Waals surface area (Å²) in [6.45, 7) is 9.55. The van der Waals surface area contributed by atoms with Gasteiger partial charge in [-0.25, -0.2) is 0 Å². The average Bonchev–Trinajstić information content (AvgIpc) is 2.97. The van der Waals surface area contributed by atoms with Crippen LogP contribution in [0.5, 0.6) is 0 Å². The van der Waals surface area contributed by atoms with Gasteiger partial charge < -0.3 is 10.0 Å². The molecule has 0 unspecified atom stereocenters. The molecule has 0 fully saturated rings. The quantitative estimate of drug-likeness (QED) is 0.283. The monoisotopic (exact) mass is 587 g/mol. The number of nitrogens with zero attached hydrogens (tertiary/aromatic N) is 2. The third kappa shape index (κ3) is 5.58. The summed E-state index contributed by atoms with van der Waals surface area (Å²) in [5.41, 5.74) is 1.15. The van der Waals surface area contributed by atoms with Crippen LogP contribution in [-0.2, 0) is 11.0 Å². The maximum Gasteiger partial charge on any atom is 0.418 e. The molecule has 1 atom stereocenters. The van der Waals surface area contributed by atoms with Gasteiger partial charge in [0.2, 0.25) is 0 Å². The van der Waals surface area contributed by atoms with Gasteiger partial charge >= 0.3 is 6.18 Å². The summed E-state index contributed by atoms with van der Waals surface area (Å²) in [5.74, 6) is -1.59. The number of aliphatic hydroxyl groups excluding tert-OH is 1. The molecule has 2 aliphatic rings. The molecule has 8 heteroatoms. The highest BCUT2D eigenvalue weighted by Crippen LogP contribution is 2.52. The molecule has 0 amide bonds. The standard InChI is InChI=1S/C35H36F3N3O2/c1-5-40(6-2)24-18-16-22(17-19-24)29-30-27(20-34(3,4)21-28(30)42)41(26-15-11-10-14-25(26)35(36,37)38)33(39)31(29)32(43)23-12-8-7-9-13-23/h7-19,29,39,43H,5-6,20-21H2,1-4H3/b32-31+,39-33?/t29-/m1/s1. The van der Waals surface area contributed by atoms with Gasteiger partial charge in [-0.15, -0.1) is 0 Å². The minimum atomic E-state index is -4.70. The molecule has 3 aromatic carbocycles. The highest BCUT2D eigenvalue weighted by Gasteiger charge is 2.48. The van der Waals surface area contributed by atoms with Crippen LogP contribution in [0.3, 0.4) is 0 Å². The van der Waals surface area contributed by atoms with Crippen LogP contribution in [0.25, 0.3) is 5.76 Å². The highest BCUT2D eigenvalue weighted by molar-refractivity contribution is 6.20. The normalized spacial score (nSPS) is 19.8. The number of alkyl halides is 3. The first kappa shape index (κ1) is 30.1. The van der Waals surface area contributed by atoms with Crippen molar-refractivity contribution in [2.45, 2.75) is 52.6 Å². The molecule has 5 nitrogen and oxygen atoms in total. The second-order valence-corrected chi connectivity index (χ2v) is 11.8. The molecular formula is C35H36F3N3O2. The number of anilines is 2. The highest BCUT2D eigenvalue weighted by atomic mass is 19.4. The van der Waals surface area contributed by atoms with E-state index in [1.165, 1.54) is 23.1 Å². The first-order valence-corrected chi connectivity index (χ1v) is 14.5. The van der Waals surface area contributed by atoms with Crippen molar-refractivity contribution in [3.8, 4) is 0 Å². The van der Waals surface area contributed by atoms with Crippen LogP contribution in [0, 0.1) is 10.8 Å². The van der Waals surface area contributed by atoms with E-state index in [9.17, 15) is 28.5 Å². The van der Waals surface area contributed by atoms with Gasteiger partial charge in [-0.3, -0.25) is 15.1 Å². The van der Waals surface area contributed by atoms with Crippen LogP contribution in [0.4, 0.5) is 24.5 Å². The van der Waals surface area contributed by atoms with Gasteiger partial charge in [0.1, 0.15) is 11.6 Å². The van der Waals surface area contributed by atoms with E-state index in [1.807, 2.05) is 38.1 Å². The number of para-hydroxylation sites is 1. The number of nitrogens with one attached hydrogen (secondary N) is 1. The minimum absolute atomic E-state index is 0.0885. The lowest BCUT2D eigenvalue weighted by Crippen LogP contribution is -2.45. The largest absolute Gasteiger partial charge is 0.507 e. The van der Waals surface area contributed by atoms with Crippen LogP contribution in [0.1, 0.15) is 63.1 Å². The van der Waals surface area contributed by atoms with Crippen molar-refractivity contribution in [2.75, 3.05) is 22.9 Å². The third-order valence-corrected chi connectivity index (χ3v) is 8.33. The maximum absolute atomic E-state index is 14.4. The van der Waals surface area contributed by atoms with Crippen LogP contribution < -0.4 is 9.80 Å². The van der Waals surface area contributed by atoms with Gasteiger partial charge in [0.25, 0.3) is 0 Å². The van der Waals surface area contributed by atoms with Gasteiger partial charge in [-0.05, 0) is 55.5 Å². The Kier molecular flexibility index (Phi) is 7.99. The fourth-order valence-electron chi connectivity index (χ4n) is 6.34. The Hall–Kier alpha value is -4.33. The third-order valence-electron chi connectivity index (χ3n) is 8.33. The number of ketones is 1. The zero-order valence-electron chi connectivity index (χ0n) is 24.8. The second-order valence-electron chi connectivity index (χ2n) is 11.8. The number of hydrogen-bond donors (Lipinski definition) is 2. The Labute approximate surface area is 250 Å². The number of carbonyl (C=O) groups is 1. The summed E-state index contributed by atoms with van der Waals surface area (Å²) in [5, 5.41) is 21.3. The number of benzene rings is 3. The van der Waals surface area contributed by atoms with Crippen LogP contribution in [0.15, 0.2) is 95.7 Å². The van der Waals surface area contributed by atoms with E-state index in [0.29, 0.717) is 22.4 Å². The molecule has 0 saturated heterocycles. The molecule has 0 saturated carbocycles. The molecule has 0 spiro atoms. The molecule has 224 valence electrons. The first-order valence-electron chi connectivity index (χ1n) is 14.5. The fourth-order valence-corrected chi connectivity index (χ4v) is 6.34. The Bertz CT molecular complexity index is 1600. The molecule has 0 radical (unpaired) electrons. The zero-order chi connectivity index (χ0) is 31.1. The molecule has 43 heavy (non-hydrogen) atoms. The van der Waals surface area contributed by atoms with E-state index in [1.54, 1.807) is 30.3 Å². The SMILES string of the molecule is CCN(CC)c1ccc([C@@H]2C3=C(CC(C)(C)CC3=O)N(c3ccccc3C(F)(F)F)C(=N)/C2=C(/O)c2ccccc2)cc1. The number of hydrogen-bond acceptors (Lipinski definition) is 4. The van der Waals surface area contributed by atoms with Gasteiger partial charge in [0.15, 0.2) is 5.78 Å². The predicted molar refractivity (Wildman–Crippen MR) is 165 cm³/mol.